The van der Waals surface area contributed by atoms with Crippen LogP contribution in [-0.2, 0) is 19.6 Å². The third kappa shape index (κ3) is 5.00. The Kier molecular flexibility index (Phi) is 7.47. The minimum atomic E-state index is -3.77. The molecule has 2 aromatic carbocycles. The zero-order valence-electron chi connectivity index (χ0n) is 17.3. The third-order valence-electron chi connectivity index (χ3n) is 5.11. The fraction of sp³-hybridized carbons (Fsp3) is 0.409. The van der Waals surface area contributed by atoms with E-state index in [9.17, 15) is 13.2 Å². The van der Waals surface area contributed by atoms with E-state index in [2.05, 4.69) is 5.32 Å². The Morgan fingerprint density at radius 1 is 1.17 bits per heavy atom. The third-order valence-corrected chi connectivity index (χ3v) is 7.03. The van der Waals surface area contributed by atoms with E-state index in [1.54, 1.807) is 12.1 Å². The molecule has 0 aliphatic carbocycles. The first-order chi connectivity index (χ1) is 14.5. The van der Waals surface area contributed by atoms with Crippen LogP contribution in [0, 0.1) is 0 Å². The topological polar surface area (TPSA) is 84.9 Å². The van der Waals surface area contributed by atoms with Crippen LogP contribution in [-0.4, -0.2) is 52.0 Å². The van der Waals surface area contributed by atoms with Crippen LogP contribution in [0.5, 0.6) is 5.75 Å². The summed E-state index contributed by atoms with van der Waals surface area (Å²) in [6, 6.07) is 14.3. The molecular formula is C22H28N2O5S. The molecule has 1 aliphatic rings. The summed E-state index contributed by atoms with van der Waals surface area (Å²) in [6.45, 7) is 3.31. The predicted molar refractivity (Wildman–Crippen MR) is 115 cm³/mol. The van der Waals surface area contributed by atoms with E-state index in [-0.39, 0.29) is 35.6 Å². The fourth-order valence-electron chi connectivity index (χ4n) is 3.53. The van der Waals surface area contributed by atoms with Gasteiger partial charge in [-0.05, 0) is 30.2 Å². The van der Waals surface area contributed by atoms with Crippen LogP contribution in [0.15, 0.2) is 53.4 Å². The number of benzene rings is 2. The molecule has 30 heavy (non-hydrogen) atoms. The second-order valence-electron chi connectivity index (χ2n) is 7.12. The molecular weight excluding hydrogens is 404 g/mol. The van der Waals surface area contributed by atoms with Gasteiger partial charge in [0.25, 0.3) is 0 Å². The summed E-state index contributed by atoms with van der Waals surface area (Å²) in [6.07, 6.45) is 1.55. The van der Waals surface area contributed by atoms with Crippen molar-refractivity contribution in [3.05, 3.63) is 54.1 Å². The molecule has 1 fully saturated rings. The maximum absolute atomic E-state index is 13.1. The van der Waals surface area contributed by atoms with Crippen LogP contribution in [0.4, 0.5) is 5.69 Å². The lowest BCUT2D eigenvalue weighted by Gasteiger charge is -2.27. The van der Waals surface area contributed by atoms with Crippen molar-refractivity contribution < 1.29 is 22.7 Å². The van der Waals surface area contributed by atoms with Crippen molar-refractivity contribution in [2.24, 2.45) is 0 Å². The number of morpholine rings is 1. The number of methoxy groups -OCH3 is 1. The highest BCUT2D eigenvalue weighted by Gasteiger charge is 2.30. The van der Waals surface area contributed by atoms with Gasteiger partial charge in [0.15, 0.2) is 0 Å². The first-order valence-corrected chi connectivity index (χ1v) is 11.5. The van der Waals surface area contributed by atoms with Gasteiger partial charge in [-0.1, -0.05) is 43.7 Å². The number of ether oxygens (including phenoxy) is 2. The highest BCUT2D eigenvalue weighted by Crippen LogP contribution is 2.31. The van der Waals surface area contributed by atoms with E-state index in [0.717, 1.165) is 12.0 Å². The number of anilines is 1. The van der Waals surface area contributed by atoms with Crippen LogP contribution < -0.4 is 10.1 Å². The van der Waals surface area contributed by atoms with E-state index >= 15 is 0 Å². The van der Waals surface area contributed by atoms with Crippen LogP contribution >= 0.6 is 0 Å². The average molecular weight is 433 g/mol. The molecule has 0 saturated carbocycles. The Morgan fingerprint density at radius 2 is 1.87 bits per heavy atom. The van der Waals surface area contributed by atoms with E-state index in [4.69, 9.17) is 9.47 Å². The first-order valence-electron chi connectivity index (χ1n) is 10.1. The number of carbonyl (C=O) groups excluding carboxylic acids is 1. The van der Waals surface area contributed by atoms with Gasteiger partial charge in [-0.15, -0.1) is 0 Å². The maximum atomic E-state index is 13.1. The number of hydrogen-bond donors (Lipinski definition) is 1. The molecule has 0 aromatic heterocycles. The van der Waals surface area contributed by atoms with Crippen molar-refractivity contribution in [1.29, 1.82) is 0 Å². The standard InChI is InChI=1S/C22H28N2O5S/c1-3-7-19(17-8-5-4-6-9-17)22(25)23-18-10-11-20(28-2)21(16-18)30(26,27)24-12-14-29-15-13-24/h4-6,8-11,16,19H,3,7,12-15H2,1-2H3,(H,23,25). The highest BCUT2D eigenvalue weighted by molar-refractivity contribution is 7.89. The van der Waals surface area contributed by atoms with Gasteiger partial charge in [-0.3, -0.25) is 4.79 Å². The molecule has 162 valence electrons. The Labute approximate surface area is 178 Å². The van der Waals surface area contributed by atoms with Gasteiger partial charge < -0.3 is 14.8 Å². The molecule has 1 heterocycles. The molecule has 1 amide bonds. The van der Waals surface area contributed by atoms with Crippen LogP contribution in [0.1, 0.15) is 31.2 Å². The van der Waals surface area contributed by atoms with Crippen molar-refractivity contribution in [3.63, 3.8) is 0 Å². The smallest absolute Gasteiger partial charge is 0.246 e. The number of nitrogens with one attached hydrogen (secondary N) is 1. The summed E-state index contributed by atoms with van der Waals surface area (Å²) in [5.74, 6) is -0.229. The van der Waals surface area contributed by atoms with Crippen molar-refractivity contribution in [1.82, 2.24) is 4.31 Å². The van der Waals surface area contributed by atoms with E-state index < -0.39 is 10.0 Å². The lowest BCUT2D eigenvalue weighted by atomic mass is 9.93. The summed E-state index contributed by atoms with van der Waals surface area (Å²) in [4.78, 5) is 13.0. The quantitative estimate of drug-likeness (QED) is 0.692. The summed E-state index contributed by atoms with van der Waals surface area (Å²) in [5.41, 5.74) is 1.36. The van der Waals surface area contributed by atoms with E-state index in [0.29, 0.717) is 25.3 Å². The van der Waals surface area contributed by atoms with Crippen molar-refractivity contribution in [3.8, 4) is 5.75 Å². The van der Waals surface area contributed by atoms with Gasteiger partial charge in [0, 0.05) is 18.8 Å². The number of amides is 1. The van der Waals surface area contributed by atoms with Crippen LogP contribution in [0.2, 0.25) is 0 Å². The summed E-state index contributed by atoms with van der Waals surface area (Å²) >= 11 is 0. The molecule has 0 spiro atoms. The Balaban J connectivity index is 1.88. The van der Waals surface area contributed by atoms with Gasteiger partial charge >= 0.3 is 0 Å². The second-order valence-corrected chi connectivity index (χ2v) is 9.03. The maximum Gasteiger partial charge on any atom is 0.246 e. The molecule has 1 N–H and O–H groups in total. The van der Waals surface area contributed by atoms with Crippen molar-refractivity contribution >= 4 is 21.6 Å². The highest BCUT2D eigenvalue weighted by atomic mass is 32.2. The normalized spacial score (nSPS) is 16.1. The van der Waals surface area contributed by atoms with Crippen LogP contribution in [0.3, 0.4) is 0 Å². The number of sulfonamides is 1. The first kappa shape index (κ1) is 22.3. The fourth-order valence-corrected chi connectivity index (χ4v) is 5.12. The van der Waals surface area contributed by atoms with E-state index in [1.807, 2.05) is 37.3 Å². The molecule has 1 atom stereocenters. The van der Waals surface area contributed by atoms with Gasteiger partial charge in [-0.25, -0.2) is 8.42 Å². The molecule has 2 aromatic rings. The largest absolute Gasteiger partial charge is 0.495 e. The molecule has 1 saturated heterocycles. The molecule has 0 bridgehead atoms. The Bertz CT molecular complexity index is 957. The summed E-state index contributed by atoms with van der Waals surface area (Å²) < 4.78 is 38.2. The van der Waals surface area contributed by atoms with Crippen molar-refractivity contribution in [2.45, 2.75) is 30.6 Å². The minimum Gasteiger partial charge on any atom is -0.495 e. The lowest BCUT2D eigenvalue weighted by Crippen LogP contribution is -2.40. The zero-order valence-corrected chi connectivity index (χ0v) is 18.2. The second kappa shape index (κ2) is 10.1. The molecule has 1 unspecified atom stereocenters. The molecule has 0 radical (unpaired) electrons. The Hall–Kier alpha value is -2.42. The zero-order chi connectivity index (χ0) is 21.6. The average Bonchev–Trinajstić information content (AvgIpc) is 2.78. The number of rotatable bonds is 8. The number of carbonyl (C=O) groups is 1. The molecule has 7 nitrogen and oxygen atoms in total. The number of hydrogen-bond acceptors (Lipinski definition) is 5. The lowest BCUT2D eigenvalue weighted by molar-refractivity contribution is -0.117. The Morgan fingerprint density at radius 3 is 2.50 bits per heavy atom. The predicted octanol–water partition coefficient (Wildman–Crippen LogP) is 3.24. The molecule has 3 rings (SSSR count). The molecule has 8 heteroatoms. The van der Waals surface area contributed by atoms with Gasteiger partial charge in [-0.2, -0.15) is 4.31 Å². The van der Waals surface area contributed by atoms with E-state index in [1.165, 1.54) is 17.5 Å². The monoisotopic (exact) mass is 432 g/mol. The van der Waals surface area contributed by atoms with Crippen LogP contribution in [0.25, 0.3) is 0 Å². The van der Waals surface area contributed by atoms with Crippen molar-refractivity contribution in [2.75, 3.05) is 38.7 Å². The van der Waals surface area contributed by atoms with Gasteiger partial charge in [0.2, 0.25) is 15.9 Å². The SMILES string of the molecule is CCCC(C(=O)Nc1ccc(OC)c(S(=O)(=O)N2CCOCC2)c1)c1ccccc1. The molecule has 1 aliphatic heterocycles. The van der Waals surface area contributed by atoms with Gasteiger partial charge in [0.1, 0.15) is 10.6 Å². The summed E-state index contributed by atoms with van der Waals surface area (Å²) in [7, 11) is -2.34. The van der Waals surface area contributed by atoms with Gasteiger partial charge in [0.05, 0.1) is 26.2 Å². The minimum absolute atomic E-state index is 0.0384. The number of nitrogens with zero attached hydrogens (tertiary/aromatic N) is 1. The summed E-state index contributed by atoms with van der Waals surface area (Å²) in [5, 5.41) is 2.89.